The third-order valence-corrected chi connectivity index (χ3v) is 4.08. The minimum absolute atomic E-state index is 0.318. The van der Waals surface area contributed by atoms with Crippen molar-refractivity contribution in [2.45, 2.75) is 19.4 Å². The molecule has 0 radical (unpaired) electrons. The van der Waals surface area contributed by atoms with Crippen LogP contribution in [0.25, 0.3) is 0 Å². The van der Waals surface area contributed by atoms with E-state index in [0.717, 1.165) is 11.4 Å². The van der Waals surface area contributed by atoms with Gasteiger partial charge in [0, 0.05) is 14.3 Å². The van der Waals surface area contributed by atoms with Crippen molar-refractivity contribution in [3.8, 4) is 0 Å². The van der Waals surface area contributed by atoms with E-state index in [9.17, 15) is 0 Å². The summed E-state index contributed by atoms with van der Waals surface area (Å²) in [5.74, 6) is 0. The SMILES string of the molecule is CCC(Nc1ccccc1I)c1ccc(Cl)cc1. The van der Waals surface area contributed by atoms with E-state index in [0.29, 0.717) is 6.04 Å². The summed E-state index contributed by atoms with van der Waals surface area (Å²) in [6.07, 6.45) is 1.03. The highest BCUT2D eigenvalue weighted by Crippen LogP contribution is 2.26. The molecule has 0 fully saturated rings. The van der Waals surface area contributed by atoms with Gasteiger partial charge in [0.15, 0.2) is 0 Å². The van der Waals surface area contributed by atoms with Gasteiger partial charge < -0.3 is 5.32 Å². The third kappa shape index (κ3) is 3.39. The number of benzene rings is 2. The highest BCUT2D eigenvalue weighted by atomic mass is 127. The molecule has 1 nitrogen and oxygen atoms in total. The Balaban J connectivity index is 2.20. The van der Waals surface area contributed by atoms with Crippen molar-refractivity contribution in [1.82, 2.24) is 0 Å². The lowest BCUT2D eigenvalue weighted by molar-refractivity contribution is 0.749. The van der Waals surface area contributed by atoms with Gasteiger partial charge >= 0.3 is 0 Å². The van der Waals surface area contributed by atoms with Gasteiger partial charge in [0.05, 0.1) is 6.04 Å². The molecule has 2 aromatic carbocycles. The van der Waals surface area contributed by atoms with E-state index in [2.05, 4.69) is 71.2 Å². The molecule has 0 heterocycles. The van der Waals surface area contributed by atoms with Crippen molar-refractivity contribution in [1.29, 1.82) is 0 Å². The number of hydrogen-bond donors (Lipinski definition) is 1. The van der Waals surface area contributed by atoms with Crippen molar-refractivity contribution in [3.05, 3.63) is 62.7 Å². The van der Waals surface area contributed by atoms with Crippen LogP contribution in [-0.4, -0.2) is 0 Å². The predicted octanol–water partition coefficient (Wildman–Crippen LogP) is 5.51. The van der Waals surface area contributed by atoms with E-state index in [1.807, 2.05) is 12.1 Å². The van der Waals surface area contributed by atoms with Crippen molar-refractivity contribution in [2.75, 3.05) is 5.32 Å². The summed E-state index contributed by atoms with van der Waals surface area (Å²) in [5.41, 5.74) is 2.45. The number of nitrogens with one attached hydrogen (secondary N) is 1. The lowest BCUT2D eigenvalue weighted by atomic mass is 10.0. The molecular formula is C15H15ClIN. The van der Waals surface area contributed by atoms with Crippen LogP contribution in [0.5, 0.6) is 0 Å². The zero-order valence-electron chi connectivity index (χ0n) is 10.2. The van der Waals surface area contributed by atoms with Crippen LogP contribution in [0.2, 0.25) is 5.02 Å². The number of anilines is 1. The van der Waals surface area contributed by atoms with Gasteiger partial charge in [0.25, 0.3) is 0 Å². The molecule has 18 heavy (non-hydrogen) atoms. The summed E-state index contributed by atoms with van der Waals surface area (Å²) in [6.45, 7) is 2.18. The summed E-state index contributed by atoms with van der Waals surface area (Å²) < 4.78 is 1.24. The summed E-state index contributed by atoms with van der Waals surface area (Å²) in [4.78, 5) is 0. The second-order valence-corrected chi connectivity index (χ2v) is 5.74. The fraction of sp³-hybridized carbons (Fsp3) is 0.200. The van der Waals surface area contributed by atoms with E-state index in [-0.39, 0.29) is 0 Å². The van der Waals surface area contributed by atoms with Crippen molar-refractivity contribution in [2.24, 2.45) is 0 Å². The minimum atomic E-state index is 0.318. The van der Waals surface area contributed by atoms with Crippen LogP contribution < -0.4 is 5.32 Å². The fourth-order valence-electron chi connectivity index (χ4n) is 1.88. The molecule has 0 aliphatic rings. The molecule has 1 N–H and O–H groups in total. The van der Waals surface area contributed by atoms with E-state index >= 15 is 0 Å². The Morgan fingerprint density at radius 1 is 1.11 bits per heavy atom. The van der Waals surface area contributed by atoms with Crippen LogP contribution in [0.4, 0.5) is 5.69 Å². The summed E-state index contributed by atoms with van der Waals surface area (Å²) in [6, 6.07) is 16.7. The molecule has 0 aromatic heterocycles. The Hall–Kier alpha value is -0.740. The van der Waals surface area contributed by atoms with Crippen LogP contribution in [-0.2, 0) is 0 Å². The van der Waals surface area contributed by atoms with Crippen molar-refractivity contribution < 1.29 is 0 Å². The van der Waals surface area contributed by atoms with Crippen LogP contribution in [0, 0.1) is 3.57 Å². The number of hydrogen-bond acceptors (Lipinski definition) is 1. The molecule has 3 heteroatoms. The summed E-state index contributed by atoms with van der Waals surface area (Å²) >= 11 is 8.27. The highest BCUT2D eigenvalue weighted by molar-refractivity contribution is 14.1. The smallest absolute Gasteiger partial charge is 0.0511 e. The van der Waals surface area contributed by atoms with Gasteiger partial charge in [0.2, 0.25) is 0 Å². The Bertz CT molecular complexity index is 510. The first-order chi connectivity index (χ1) is 8.70. The summed E-state index contributed by atoms with van der Waals surface area (Å²) in [7, 11) is 0. The molecule has 0 bridgehead atoms. The average Bonchev–Trinajstić information content (AvgIpc) is 2.39. The summed E-state index contributed by atoms with van der Waals surface area (Å²) in [5, 5.41) is 4.36. The van der Waals surface area contributed by atoms with E-state index in [1.165, 1.54) is 14.8 Å². The Labute approximate surface area is 127 Å². The van der Waals surface area contributed by atoms with Crippen molar-refractivity contribution >= 4 is 39.9 Å². The lowest BCUT2D eigenvalue weighted by Crippen LogP contribution is -2.10. The molecule has 1 unspecified atom stereocenters. The largest absolute Gasteiger partial charge is 0.377 e. The Morgan fingerprint density at radius 2 is 1.78 bits per heavy atom. The topological polar surface area (TPSA) is 12.0 Å². The monoisotopic (exact) mass is 371 g/mol. The quantitative estimate of drug-likeness (QED) is 0.699. The first-order valence-corrected chi connectivity index (χ1v) is 7.43. The molecule has 0 amide bonds. The molecular weight excluding hydrogens is 357 g/mol. The van der Waals surface area contributed by atoms with Gasteiger partial charge in [0.1, 0.15) is 0 Å². The van der Waals surface area contributed by atoms with E-state index in [4.69, 9.17) is 11.6 Å². The molecule has 2 rings (SSSR count). The van der Waals surface area contributed by atoms with E-state index in [1.54, 1.807) is 0 Å². The number of rotatable bonds is 4. The predicted molar refractivity (Wildman–Crippen MR) is 87.3 cm³/mol. The zero-order valence-corrected chi connectivity index (χ0v) is 13.1. The van der Waals surface area contributed by atoms with Gasteiger partial charge in [-0.2, -0.15) is 0 Å². The maximum atomic E-state index is 5.92. The van der Waals surface area contributed by atoms with E-state index < -0.39 is 0 Å². The average molecular weight is 372 g/mol. The molecule has 0 aliphatic carbocycles. The van der Waals surface area contributed by atoms with Crippen LogP contribution in [0.1, 0.15) is 24.9 Å². The highest BCUT2D eigenvalue weighted by Gasteiger charge is 2.10. The maximum Gasteiger partial charge on any atom is 0.0511 e. The molecule has 94 valence electrons. The molecule has 1 atom stereocenters. The Kier molecular flexibility index (Phi) is 4.89. The molecule has 2 aromatic rings. The second-order valence-electron chi connectivity index (χ2n) is 4.14. The minimum Gasteiger partial charge on any atom is -0.377 e. The molecule has 0 aliphatic heterocycles. The molecule has 0 spiro atoms. The van der Waals surface area contributed by atoms with Gasteiger partial charge in [-0.25, -0.2) is 0 Å². The van der Waals surface area contributed by atoms with Gasteiger partial charge in [-0.15, -0.1) is 0 Å². The number of para-hydroxylation sites is 1. The van der Waals surface area contributed by atoms with Crippen LogP contribution >= 0.6 is 34.2 Å². The lowest BCUT2D eigenvalue weighted by Gasteiger charge is -2.19. The first kappa shape index (κ1) is 13.7. The Morgan fingerprint density at radius 3 is 2.39 bits per heavy atom. The van der Waals surface area contributed by atoms with Gasteiger partial charge in [-0.3, -0.25) is 0 Å². The molecule has 0 saturated heterocycles. The van der Waals surface area contributed by atoms with Gasteiger partial charge in [-0.1, -0.05) is 42.8 Å². The first-order valence-electron chi connectivity index (χ1n) is 5.97. The third-order valence-electron chi connectivity index (χ3n) is 2.88. The number of halogens is 2. The normalized spacial score (nSPS) is 12.2. The maximum absolute atomic E-state index is 5.92. The van der Waals surface area contributed by atoms with Crippen LogP contribution in [0.3, 0.4) is 0 Å². The fourth-order valence-corrected chi connectivity index (χ4v) is 2.55. The zero-order chi connectivity index (χ0) is 13.0. The van der Waals surface area contributed by atoms with Crippen LogP contribution in [0.15, 0.2) is 48.5 Å². The molecule has 0 saturated carbocycles. The van der Waals surface area contributed by atoms with Gasteiger partial charge in [-0.05, 0) is 58.8 Å². The standard InChI is InChI=1S/C15H15ClIN/c1-2-14(11-7-9-12(16)10-8-11)18-15-6-4-3-5-13(15)17/h3-10,14,18H,2H2,1H3. The van der Waals surface area contributed by atoms with Crippen molar-refractivity contribution in [3.63, 3.8) is 0 Å². The second kappa shape index (κ2) is 6.43.